The number of hydrogen-bond donors (Lipinski definition) is 0. The van der Waals surface area contributed by atoms with E-state index in [-0.39, 0.29) is 11.5 Å². The van der Waals surface area contributed by atoms with Crippen LogP contribution >= 0.6 is 0 Å². The van der Waals surface area contributed by atoms with Gasteiger partial charge in [0.25, 0.3) is 0 Å². The summed E-state index contributed by atoms with van der Waals surface area (Å²) in [5, 5.41) is 9.30. The van der Waals surface area contributed by atoms with Crippen molar-refractivity contribution in [2.45, 2.75) is 52.4 Å². The standard InChI is InChI=1S/C13H23NO2S/c1-3-5-6-12(4-2)9-13(10-14)7-8-17(15,16)11-13/h12H,3-9,11H2,1-2H3. The van der Waals surface area contributed by atoms with Crippen LogP contribution in [0.3, 0.4) is 0 Å². The van der Waals surface area contributed by atoms with Crippen molar-refractivity contribution in [1.82, 2.24) is 0 Å². The Morgan fingerprint density at radius 1 is 1.41 bits per heavy atom. The zero-order chi connectivity index (χ0) is 12.9. The van der Waals surface area contributed by atoms with Gasteiger partial charge in [-0.15, -0.1) is 0 Å². The lowest BCUT2D eigenvalue weighted by Gasteiger charge is -2.24. The van der Waals surface area contributed by atoms with Crippen LogP contribution in [0.1, 0.15) is 52.4 Å². The smallest absolute Gasteiger partial charge is 0.151 e. The Hall–Kier alpha value is -0.560. The molecular formula is C13H23NO2S. The third-order valence-corrected chi connectivity index (χ3v) is 5.67. The molecule has 1 aliphatic rings. The molecule has 0 N–H and O–H groups in total. The molecule has 1 heterocycles. The molecule has 0 saturated carbocycles. The number of nitrogens with zero attached hydrogens (tertiary/aromatic N) is 1. The lowest BCUT2D eigenvalue weighted by molar-refractivity contribution is 0.296. The summed E-state index contributed by atoms with van der Waals surface area (Å²) in [5.41, 5.74) is -0.590. The van der Waals surface area contributed by atoms with Crippen molar-refractivity contribution in [3.8, 4) is 6.07 Å². The Balaban J connectivity index is 2.66. The van der Waals surface area contributed by atoms with Crippen molar-refractivity contribution in [2.75, 3.05) is 11.5 Å². The number of rotatable bonds is 6. The van der Waals surface area contributed by atoms with Crippen LogP contribution in [-0.4, -0.2) is 19.9 Å². The molecule has 1 rings (SSSR count). The molecule has 17 heavy (non-hydrogen) atoms. The van der Waals surface area contributed by atoms with E-state index in [1.807, 2.05) is 0 Å². The van der Waals surface area contributed by atoms with Gasteiger partial charge in [-0.25, -0.2) is 8.42 Å². The van der Waals surface area contributed by atoms with E-state index in [2.05, 4.69) is 19.9 Å². The second-order valence-corrected chi connectivity index (χ2v) is 7.54. The van der Waals surface area contributed by atoms with Crippen molar-refractivity contribution in [3.63, 3.8) is 0 Å². The average molecular weight is 257 g/mol. The van der Waals surface area contributed by atoms with Crippen LogP contribution in [-0.2, 0) is 9.84 Å². The predicted octanol–water partition coefficient (Wildman–Crippen LogP) is 2.92. The fourth-order valence-corrected chi connectivity index (χ4v) is 4.72. The minimum absolute atomic E-state index is 0.0825. The van der Waals surface area contributed by atoms with E-state index in [1.165, 1.54) is 6.42 Å². The van der Waals surface area contributed by atoms with Gasteiger partial charge in [0.1, 0.15) is 0 Å². The third-order valence-electron chi connectivity index (χ3n) is 3.85. The molecule has 0 amide bonds. The maximum atomic E-state index is 11.5. The predicted molar refractivity (Wildman–Crippen MR) is 69.2 cm³/mol. The summed E-state index contributed by atoms with van der Waals surface area (Å²) in [6.07, 6.45) is 5.80. The number of unbranched alkanes of at least 4 members (excludes halogenated alkanes) is 1. The highest BCUT2D eigenvalue weighted by molar-refractivity contribution is 7.91. The molecule has 1 aliphatic heterocycles. The second-order valence-electron chi connectivity index (χ2n) is 5.35. The molecule has 0 aromatic rings. The molecule has 0 aromatic heterocycles. The van der Waals surface area contributed by atoms with Gasteiger partial charge in [-0.1, -0.05) is 39.5 Å². The molecule has 4 heteroatoms. The molecule has 98 valence electrons. The summed E-state index contributed by atoms with van der Waals surface area (Å²) < 4.78 is 23.1. The van der Waals surface area contributed by atoms with Gasteiger partial charge in [-0.05, 0) is 18.8 Å². The highest BCUT2D eigenvalue weighted by Gasteiger charge is 2.43. The normalized spacial score (nSPS) is 28.8. The topological polar surface area (TPSA) is 57.9 Å². The van der Waals surface area contributed by atoms with Gasteiger partial charge in [-0.3, -0.25) is 0 Å². The molecule has 2 atom stereocenters. The molecule has 0 aliphatic carbocycles. The molecule has 1 fully saturated rings. The lowest BCUT2D eigenvalue weighted by atomic mass is 9.77. The molecule has 0 spiro atoms. The zero-order valence-corrected chi connectivity index (χ0v) is 11.7. The van der Waals surface area contributed by atoms with Crippen molar-refractivity contribution in [1.29, 1.82) is 5.26 Å². The first-order valence-corrected chi connectivity index (χ1v) is 8.41. The van der Waals surface area contributed by atoms with Crippen LogP contribution in [0.25, 0.3) is 0 Å². The number of sulfone groups is 1. The largest absolute Gasteiger partial charge is 0.229 e. The van der Waals surface area contributed by atoms with Gasteiger partial charge < -0.3 is 0 Å². The molecule has 1 saturated heterocycles. The van der Waals surface area contributed by atoms with Gasteiger partial charge >= 0.3 is 0 Å². The first-order valence-electron chi connectivity index (χ1n) is 6.58. The highest BCUT2D eigenvalue weighted by atomic mass is 32.2. The Kier molecular flexibility index (Phi) is 5.00. The summed E-state index contributed by atoms with van der Waals surface area (Å²) in [6.45, 7) is 4.29. The van der Waals surface area contributed by atoms with Gasteiger partial charge in [-0.2, -0.15) is 5.26 Å². The summed E-state index contributed by atoms with van der Waals surface area (Å²) in [6, 6.07) is 2.30. The minimum Gasteiger partial charge on any atom is -0.229 e. The van der Waals surface area contributed by atoms with Crippen molar-refractivity contribution >= 4 is 9.84 Å². The first-order chi connectivity index (χ1) is 7.97. The average Bonchev–Trinajstić information content (AvgIpc) is 2.61. The highest BCUT2D eigenvalue weighted by Crippen LogP contribution is 2.39. The quantitative estimate of drug-likeness (QED) is 0.735. The summed E-state index contributed by atoms with van der Waals surface area (Å²) in [7, 11) is -2.96. The van der Waals surface area contributed by atoms with E-state index in [9.17, 15) is 13.7 Å². The van der Waals surface area contributed by atoms with Crippen LogP contribution in [0.2, 0.25) is 0 Å². The molecular weight excluding hydrogens is 234 g/mol. The van der Waals surface area contributed by atoms with Gasteiger partial charge in [0.05, 0.1) is 23.0 Å². The van der Waals surface area contributed by atoms with Crippen LogP contribution in [0.4, 0.5) is 0 Å². The SMILES string of the molecule is CCCCC(CC)CC1(C#N)CCS(=O)(=O)C1. The number of hydrogen-bond acceptors (Lipinski definition) is 3. The monoisotopic (exact) mass is 257 g/mol. The van der Waals surface area contributed by atoms with Gasteiger partial charge in [0.15, 0.2) is 9.84 Å². The lowest BCUT2D eigenvalue weighted by Crippen LogP contribution is -2.24. The van der Waals surface area contributed by atoms with Crippen LogP contribution in [0.5, 0.6) is 0 Å². The third kappa shape index (κ3) is 3.99. The van der Waals surface area contributed by atoms with Gasteiger partial charge in [0, 0.05) is 0 Å². The summed E-state index contributed by atoms with van der Waals surface area (Å²) >= 11 is 0. The summed E-state index contributed by atoms with van der Waals surface area (Å²) in [5.74, 6) is 0.784. The second kappa shape index (κ2) is 5.86. The van der Waals surface area contributed by atoms with E-state index in [1.54, 1.807) is 0 Å². The van der Waals surface area contributed by atoms with Gasteiger partial charge in [0.2, 0.25) is 0 Å². The van der Waals surface area contributed by atoms with E-state index in [0.29, 0.717) is 12.3 Å². The molecule has 2 unspecified atom stereocenters. The number of nitriles is 1. The Bertz CT molecular complexity index is 383. The summed E-state index contributed by atoms with van der Waals surface area (Å²) in [4.78, 5) is 0. The Morgan fingerprint density at radius 2 is 2.12 bits per heavy atom. The molecule has 0 aromatic carbocycles. The van der Waals surface area contributed by atoms with Crippen molar-refractivity contribution < 1.29 is 8.42 Å². The molecule has 0 bridgehead atoms. The molecule has 0 radical (unpaired) electrons. The maximum Gasteiger partial charge on any atom is 0.151 e. The van der Waals surface area contributed by atoms with E-state index < -0.39 is 15.3 Å². The minimum atomic E-state index is -2.96. The van der Waals surface area contributed by atoms with Crippen molar-refractivity contribution in [3.05, 3.63) is 0 Å². The maximum absolute atomic E-state index is 11.5. The van der Waals surface area contributed by atoms with Crippen LogP contribution in [0.15, 0.2) is 0 Å². The van der Waals surface area contributed by atoms with E-state index in [4.69, 9.17) is 0 Å². The van der Waals surface area contributed by atoms with Crippen LogP contribution in [0, 0.1) is 22.7 Å². The Morgan fingerprint density at radius 3 is 2.53 bits per heavy atom. The fourth-order valence-electron chi connectivity index (χ4n) is 2.71. The van der Waals surface area contributed by atoms with E-state index >= 15 is 0 Å². The van der Waals surface area contributed by atoms with Crippen LogP contribution < -0.4 is 0 Å². The van der Waals surface area contributed by atoms with E-state index in [0.717, 1.165) is 25.7 Å². The fraction of sp³-hybridized carbons (Fsp3) is 0.923. The van der Waals surface area contributed by atoms with Crippen molar-refractivity contribution in [2.24, 2.45) is 11.3 Å². The Labute approximate surface area is 105 Å². The zero-order valence-electron chi connectivity index (χ0n) is 10.9. The first kappa shape index (κ1) is 14.5. The molecule has 3 nitrogen and oxygen atoms in total.